The van der Waals surface area contributed by atoms with E-state index < -0.39 is 5.97 Å². The monoisotopic (exact) mass is 284 g/mol. The van der Waals surface area contributed by atoms with Gasteiger partial charge in [-0.25, -0.2) is 4.98 Å². The van der Waals surface area contributed by atoms with Crippen molar-refractivity contribution in [2.45, 2.75) is 64.1 Å². The smallest absolute Gasteiger partial charge is 0.313 e. The van der Waals surface area contributed by atoms with Crippen LogP contribution in [-0.2, 0) is 10.3 Å². The summed E-state index contributed by atoms with van der Waals surface area (Å²) in [6, 6.07) is 0. The summed E-state index contributed by atoms with van der Waals surface area (Å²) in [4.78, 5) is 15.2. The summed E-state index contributed by atoms with van der Waals surface area (Å²) in [5.41, 5.74) is 1.18. The van der Waals surface area contributed by atoms with Crippen molar-refractivity contribution < 1.29 is 9.90 Å². The quantitative estimate of drug-likeness (QED) is 0.775. The van der Waals surface area contributed by atoms with Gasteiger partial charge in [-0.1, -0.05) is 39.5 Å². The first-order valence-corrected chi connectivity index (χ1v) is 7.77. The van der Waals surface area contributed by atoms with E-state index in [9.17, 15) is 4.79 Å². The Morgan fingerprint density at radius 1 is 1.47 bits per heavy atom. The van der Waals surface area contributed by atoms with Crippen molar-refractivity contribution in [2.75, 3.05) is 5.75 Å². The van der Waals surface area contributed by atoms with Crippen LogP contribution >= 0.6 is 11.8 Å². The zero-order valence-corrected chi connectivity index (χ0v) is 13.3. The van der Waals surface area contributed by atoms with E-state index in [0.717, 1.165) is 18.0 Å². The lowest BCUT2D eigenvalue weighted by Crippen LogP contribution is -2.31. The number of carboxylic acids is 1. The molecule has 5 heteroatoms. The van der Waals surface area contributed by atoms with E-state index in [1.807, 2.05) is 6.20 Å². The van der Waals surface area contributed by atoms with Gasteiger partial charge in [0, 0.05) is 17.4 Å². The zero-order chi connectivity index (χ0) is 14.6. The summed E-state index contributed by atoms with van der Waals surface area (Å²) >= 11 is 1.30. The van der Waals surface area contributed by atoms with E-state index in [1.165, 1.54) is 17.5 Å². The normalized spacial score (nSPS) is 12.1. The summed E-state index contributed by atoms with van der Waals surface area (Å²) in [5, 5.41) is 9.66. The standard InChI is InChI=1S/C14H24N2O2S/c1-6-14(5,7-2)16-11(10(3)4)8-15-13(16)19-9-12(17)18/h8,10H,6-7,9H2,1-5H3,(H,17,18). The number of hydrogen-bond acceptors (Lipinski definition) is 3. The van der Waals surface area contributed by atoms with Crippen LogP contribution in [0.4, 0.5) is 0 Å². The van der Waals surface area contributed by atoms with Gasteiger partial charge < -0.3 is 9.67 Å². The number of aromatic nitrogens is 2. The Balaban J connectivity index is 3.22. The molecule has 0 saturated heterocycles. The molecule has 0 atom stereocenters. The first kappa shape index (κ1) is 16.1. The highest BCUT2D eigenvalue weighted by atomic mass is 32.2. The lowest BCUT2D eigenvalue weighted by atomic mass is 9.94. The number of nitrogens with zero attached hydrogens (tertiary/aromatic N) is 2. The van der Waals surface area contributed by atoms with E-state index in [-0.39, 0.29) is 11.3 Å². The third-order valence-electron chi connectivity index (χ3n) is 3.74. The minimum Gasteiger partial charge on any atom is -0.481 e. The maximum absolute atomic E-state index is 10.8. The molecule has 0 unspecified atom stereocenters. The molecular weight excluding hydrogens is 260 g/mol. The number of thioether (sulfide) groups is 1. The van der Waals surface area contributed by atoms with Crippen LogP contribution in [0, 0.1) is 0 Å². The van der Waals surface area contributed by atoms with Gasteiger partial charge in [-0.3, -0.25) is 4.79 Å². The number of hydrogen-bond donors (Lipinski definition) is 1. The number of rotatable bonds is 7. The molecular formula is C14H24N2O2S. The highest BCUT2D eigenvalue weighted by Gasteiger charge is 2.28. The topological polar surface area (TPSA) is 55.1 Å². The van der Waals surface area contributed by atoms with Crippen molar-refractivity contribution in [3.05, 3.63) is 11.9 Å². The molecule has 0 saturated carbocycles. The minimum absolute atomic E-state index is 0.00304. The highest BCUT2D eigenvalue weighted by molar-refractivity contribution is 7.99. The van der Waals surface area contributed by atoms with Gasteiger partial charge in [0.1, 0.15) is 0 Å². The molecule has 1 heterocycles. The largest absolute Gasteiger partial charge is 0.481 e. The average Bonchev–Trinajstić information content (AvgIpc) is 2.80. The van der Waals surface area contributed by atoms with Crippen LogP contribution in [0.5, 0.6) is 0 Å². The van der Waals surface area contributed by atoms with E-state index in [2.05, 4.69) is 44.2 Å². The van der Waals surface area contributed by atoms with E-state index in [4.69, 9.17) is 5.11 Å². The number of carbonyl (C=O) groups is 1. The molecule has 1 N–H and O–H groups in total. The van der Waals surface area contributed by atoms with Gasteiger partial charge in [-0.15, -0.1) is 0 Å². The second kappa shape index (κ2) is 6.46. The van der Waals surface area contributed by atoms with Crippen LogP contribution in [0.25, 0.3) is 0 Å². The van der Waals surface area contributed by atoms with Gasteiger partial charge in [0.2, 0.25) is 0 Å². The molecule has 1 aromatic heterocycles. The third-order valence-corrected chi connectivity index (χ3v) is 4.67. The molecule has 0 aliphatic rings. The summed E-state index contributed by atoms with van der Waals surface area (Å²) in [6.45, 7) is 10.8. The van der Waals surface area contributed by atoms with Crippen LogP contribution in [-0.4, -0.2) is 26.4 Å². The van der Waals surface area contributed by atoms with E-state index >= 15 is 0 Å². The Hall–Kier alpha value is -0.970. The van der Waals surface area contributed by atoms with Crippen molar-refractivity contribution >= 4 is 17.7 Å². The number of aliphatic carboxylic acids is 1. The van der Waals surface area contributed by atoms with Crippen LogP contribution in [0.2, 0.25) is 0 Å². The summed E-state index contributed by atoms with van der Waals surface area (Å²) in [6.07, 6.45) is 3.89. The van der Waals surface area contributed by atoms with Gasteiger partial charge in [-0.2, -0.15) is 0 Å². The Kier molecular flexibility index (Phi) is 5.47. The molecule has 0 fully saturated rings. The lowest BCUT2D eigenvalue weighted by Gasteiger charge is -2.33. The molecule has 0 spiro atoms. The first-order valence-electron chi connectivity index (χ1n) is 6.78. The van der Waals surface area contributed by atoms with Crippen molar-refractivity contribution in [1.82, 2.24) is 9.55 Å². The van der Waals surface area contributed by atoms with E-state index in [1.54, 1.807) is 0 Å². The van der Waals surface area contributed by atoms with Crippen LogP contribution in [0.1, 0.15) is 59.1 Å². The van der Waals surface area contributed by atoms with Gasteiger partial charge >= 0.3 is 5.97 Å². The van der Waals surface area contributed by atoms with Crippen LogP contribution in [0.3, 0.4) is 0 Å². The fraction of sp³-hybridized carbons (Fsp3) is 0.714. The second-order valence-corrected chi connectivity index (χ2v) is 6.28. The number of carboxylic acid groups (broad SMARTS) is 1. The fourth-order valence-electron chi connectivity index (χ4n) is 2.09. The first-order chi connectivity index (χ1) is 8.85. The molecule has 108 valence electrons. The highest BCUT2D eigenvalue weighted by Crippen LogP contribution is 2.34. The molecule has 1 aromatic rings. The minimum atomic E-state index is -0.805. The lowest BCUT2D eigenvalue weighted by molar-refractivity contribution is -0.133. The second-order valence-electron chi connectivity index (χ2n) is 5.34. The maximum atomic E-state index is 10.8. The molecule has 0 radical (unpaired) electrons. The third kappa shape index (κ3) is 3.53. The van der Waals surface area contributed by atoms with Gasteiger partial charge in [0.05, 0.1) is 5.75 Å². The number of imidazole rings is 1. The summed E-state index contributed by atoms with van der Waals surface area (Å²) < 4.78 is 2.24. The molecule has 0 aromatic carbocycles. The molecule has 0 aliphatic heterocycles. The summed E-state index contributed by atoms with van der Waals surface area (Å²) in [5.74, 6) is -0.373. The SMILES string of the molecule is CCC(C)(CC)n1c(C(C)C)cnc1SCC(=O)O. The average molecular weight is 284 g/mol. The maximum Gasteiger partial charge on any atom is 0.313 e. The van der Waals surface area contributed by atoms with Crippen molar-refractivity contribution in [2.24, 2.45) is 0 Å². The molecule has 1 rings (SSSR count). The fourth-order valence-corrected chi connectivity index (χ4v) is 2.93. The molecule has 19 heavy (non-hydrogen) atoms. The van der Waals surface area contributed by atoms with Gasteiger partial charge in [0.25, 0.3) is 0 Å². The molecule has 0 aliphatic carbocycles. The Labute approximate surface area is 119 Å². The van der Waals surface area contributed by atoms with Crippen molar-refractivity contribution in [3.8, 4) is 0 Å². The van der Waals surface area contributed by atoms with Crippen LogP contribution < -0.4 is 0 Å². The molecule has 0 bridgehead atoms. The zero-order valence-electron chi connectivity index (χ0n) is 12.4. The molecule has 0 amide bonds. The molecule has 4 nitrogen and oxygen atoms in total. The Morgan fingerprint density at radius 3 is 2.47 bits per heavy atom. The predicted molar refractivity (Wildman–Crippen MR) is 78.9 cm³/mol. The van der Waals surface area contributed by atoms with Crippen molar-refractivity contribution in [3.63, 3.8) is 0 Å². The Morgan fingerprint density at radius 2 is 2.05 bits per heavy atom. The summed E-state index contributed by atoms with van der Waals surface area (Å²) in [7, 11) is 0. The predicted octanol–water partition coefficient (Wildman–Crippen LogP) is 3.72. The van der Waals surface area contributed by atoms with Crippen LogP contribution in [0.15, 0.2) is 11.4 Å². The van der Waals surface area contributed by atoms with E-state index in [0.29, 0.717) is 5.92 Å². The Bertz CT molecular complexity index is 437. The van der Waals surface area contributed by atoms with Crippen molar-refractivity contribution in [1.29, 1.82) is 0 Å². The van der Waals surface area contributed by atoms with Gasteiger partial charge in [-0.05, 0) is 25.7 Å². The van der Waals surface area contributed by atoms with Gasteiger partial charge in [0.15, 0.2) is 5.16 Å².